The zero-order valence-corrected chi connectivity index (χ0v) is 12.8. The zero-order chi connectivity index (χ0) is 14.8. The highest BCUT2D eigenvalue weighted by Crippen LogP contribution is 2.13. The quantitative estimate of drug-likeness (QED) is 0.489. The summed E-state index contributed by atoms with van der Waals surface area (Å²) in [5.74, 6) is -0.247. The fourth-order valence-corrected chi connectivity index (χ4v) is 0.790. The number of hydrogen-bond donors (Lipinski definition) is 0. The molecule has 0 heterocycles. The third-order valence-corrected chi connectivity index (χ3v) is 2.01. The van der Waals surface area contributed by atoms with E-state index >= 15 is 0 Å². The van der Waals surface area contributed by atoms with Gasteiger partial charge in [0.1, 0.15) is 0 Å². The normalized spacial score (nSPS) is 8.55. The topological polar surface area (TPSA) is 52.6 Å². The summed E-state index contributed by atoms with van der Waals surface area (Å²) in [6, 6.07) is 0. The highest BCUT2D eigenvalue weighted by Gasteiger charge is 2.21. The number of unbranched alkanes of at least 4 members (excludes halogenated alkanes) is 1. The van der Waals surface area contributed by atoms with Gasteiger partial charge in [-0.3, -0.25) is 9.59 Å². The smallest absolute Gasteiger partial charge is 0.310 e. The molecule has 0 atom stereocenters. The van der Waals surface area contributed by atoms with Gasteiger partial charge in [0.25, 0.3) is 0 Å². The van der Waals surface area contributed by atoms with E-state index in [1.807, 2.05) is 34.6 Å². The Balaban J connectivity index is -0.0000000500. The summed E-state index contributed by atoms with van der Waals surface area (Å²) < 4.78 is 9.38. The second kappa shape index (κ2) is 19.9. The van der Waals surface area contributed by atoms with Gasteiger partial charge in [-0.2, -0.15) is 0 Å². The molecule has 0 bridgehead atoms. The van der Waals surface area contributed by atoms with Crippen molar-refractivity contribution in [1.29, 1.82) is 0 Å². The average Bonchev–Trinajstić information content (AvgIpc) is 2.27. The van der Waals surface area contributed by atoms with Crippen LogP contribution in [0.1, 0.15) is 84.1 Å². The summed E-state index contributed by atoms with van der Waals surface area (Å²) in [5, 5.41) is 0. The molecule has 0 unspecified atom stereocenters. The van der Waals surface area contributed by atoms with Gasteiger partial charge >= 0.3 is 11.9 Å². The van der Waals surface area contributed by atoms with Crippen molar-refractivity contribution < 1.29 is 19.1 Å². The number of hydrogen-bond acceptors (Lipinski definition) is 4. The van der Waals surface area contributed by atoms with Crippen LogP contribution >= 0.6 is 0 Å². The first-order valence-corrected chi connectivity index (χ1v) is 6.41. The van der Waals surface area contributed by atoms with Gasteiger partial charge in [0.15, 0.2) is 0 Å². The number of carbonyl (C=O) groups is 2. The van der Waals surface area contributed by atoms with Gasteiger partial charge in [-0.05, 0) is 27.2 Å². The number of rotatable bonds is 4. The van der Waals surface area contributed by atoms with Crippen molar-refractivity contribution in [3.8, 4) is 0 Å². The van der Waals surface area contributed by atoms with Crippen molar-refractivity contribution in [2.45, 2.75) is 84.1 Å². The minimum Gasteiger partial charge on any atom is -0.469 e. The van der Waals surface area contributed by atoms with E-state index in [9.17, 15) is 9.59 Å². The maximum atomic E-state index is 10.8. The maximum Gasteiger partial charge on any atom is 0.310 e. The van der Waals surface area contributed by atoms with Crippen LogP contribution in [0.5, 0.6) is 0 Å². The molecule has 0 aromatic rings. The van der Waals surface area contributed by atoms with Gasteiger partial charge in [0.2, 0.25) is 0 Å². The molecular weight excluding hydrogens is 280 g/mol. The maximum absolute atomic E-state index is 10.8. The predicted molar refractivity (Wildman–Crippen MR) is 99.1 cm³/mol. The van der Waals surface area contributed by atoms with Crippen molar-refractivity contribution in [3.63, 3.8) is 0 Å². The summed E-state index contributed by atoms with van der Waals surface area (Å²) in [4.78, 5) is 21.4. The first-order chi connectivity index (χ1) is 8.16. The summed E-state index contributed by atoms with van der Waals surface area (Å²) in [7, 11) is 1.40. The summed E-state index contributed by atoms with van der Waals surface area (Å²) in [6.45, 7) is 11.8. The highest BCUT2D eigenvalue weighted by molar-refractivity contribution is 5.75. The van der Waals surface area contributed by atoms with Crippen LogP contribution in [0.15, 0.2) is 0 Å². The Bertz CT molecular complexity index is 240. The third-order valence-electron chi connectivity index (χ3n) is 2.01. The standard InChI is InChI=1S/C8H16O2.C6H12O2.4CH4/c1-4-5-6-10-8(9)7(2)3;1-6(2,3)5(7)8-4;;;;/h7H,4-6H2,1-3H3;1-4H3;4*1H4. The van der Waals surface area contributed by atoms with Gasteiger partial charge in [-0.1, -0.05) is 56.9 Å². The lowest BCUT2D eigenvalue weighted by molar-refractivity contribution is -0.149. The number of ether oxygens (including phenoxy) is 2. The Morgan fingerprint density at radius 2 is 1.41 bits per heavy atom. The van der Waals surface area contributed by atoms with Crippen molar-refractivity contribution in [3.05, 3.63) is 0 Å². The van der Waals surface area contributed by atoms with Crippen LogP contribution in [0.25, 0.3) is 0 Å². The van der Waals surface area contributed by atoms with Crippen molar-refractivity contribution in [2.24, 2.45) is 11.3 Å². The molecule has 22 heavy (non-hydrogen) atoms. The molecule has 0 aliphatic heterocycles. The molecule has 0 saturated carbocycles. The molecule has 0 fully saturated rings. The first-order valence-electron chi connectivity index (χ1n) is 6.41. The molecule has 0 aromatic heterocycles. The number of methoxy groups -OCH3 is 1. The minimum atomic E-state index is -0.352. The van der Waals surface area contributed by atoms with Gasteiger partial charge in [-0.15, -0.1) is 0 Å². The Hall–Kier alpha value is -1.06. The SMILES string of the molecule is C.C.C.C.CCCCOC(=O)C(C)C.COC(=O)C(C)(C)C. The lowest BCUT2D eigenvalue weighted by atomic mass is 9.98. The van der Waals surface area contributed by atoms with E-state index in [1.165, 1.54) is 7.11 Å². The molecule has 0 amide bonds. The molecule has 4 nitrogen and oxygen atoms in total. The number of carbonyl (C=O) groups excluding carboxylic acids is 2. The highest BCUT2D eigenvalue weighted by atomic mass is 16.5. The predicted octanol–water partition coefficient (Wildman–Crippen LogP) is 5.74. The van der Waals surface area contributed by atoms with E-state index < -0.39 is 0 Å². The second-order valence-electron chi connectivity index (χ2n) is 5.42. The molecule has 0 radical (unpaired) electrons. The van der Waals surface area contributed by atoms with Gasteiger partial charge in [-0.25, -0.2) is 0 Å². The van der Waals surface area contributed by atoms with Crippen LogP contribution in [0, 0.1) is 11.3 Å². The minimum absolute atomic E-state index is 0. The molecule has 0 aliphatic carbocycles. The van der Waals surface area contributed by atoms with Crippen LogP contribution in [0.4, 0.5) is 0 Å². The van der Waals surface area contributed by atoms with Crippen LogP contribution in [0.3, 0.4) is 0 Å². The Labute approximate surface area is 141 Å². The molecule has 0 N–H and O–H groups in total. The van der Waals surface area contributed by atoms with Crippen LogP contribution in [-0.2, 0) is 19.1 Å². The first kappa shape index (κ1) is 37.3. The third kappa shape index (κ3) is 24.0. The van der Waals surface area contributed by atoms with E-state index in [-0.39, 0.29) is 53.0 Å². The van der Waals surface area contributed by atoms with Crippen LogP contribution < -0.4 is 0 Å². The zero-order valence-electron chi connectivity index (χ0n) is 12.8. The lowest BCUT2D eigenvalue weighted by Crippen LogP contribution is -2.21. The monoisotopic (exact) mass is 324 g/mol. The second-order valence-corrected chi connectivity index (χ2v) is 5.42. The molecular formula is C18H44O4. The summed E-state index contributed by atoms with van der Waals surface area (Å²) >= 11 is 0. The van der Waals surface area contributed by atoms with E-state index in [4.69, 9.17) is 4.74 Å². The van der Waals surface area contributed by atoms with E-state index in [0.29, 0.717) is 6.61 Å². The fraction of sp³-hybridized carbons (Fsp3) is 0.889. The lowest BCUT2D eigenvalue weighted by Gasteiger charge is -2.13. The fourth-order valence-electron chi connectivity index (χ4n) is 0.790. The summed E-state index contributed by atoms with van der Waals surface area (Å²) in [6.07, 6.45) is 2.05. The molecule has 0 saturated heterocycles. The van der Waals surface area contributed by atoms with Crippen LogP contribution in [0.2, 0.25) is 0 Å². The van der Waals surface area contributed by atoms with Crippen molar-refractivity contribution in [2.75, 3.05) is 13.7 Å². The van der Waals surface area contributed by atoms with E-state index in [2.05, 4.69) is 11.7 Å². The molecule has 0 aromatic carbocycles. The Kier molecular flexibility index (Phi) is 33.8. The Morgan fingerprint density at radius 1 is 1.00 bits per heavy atom. The van der Waals surface area contributed by atoms with Gasteiger partial charge < -0.3 is 9.47 Å². The van der Waals surface area contributed by atoms with Crippen molar-refractivity contribution >= 4 is 11.9 Å². The van der Waals surface area contributed by atoms with Gasteiger partial charge in [0, 0.05) is 0 Å². The molecule has 4 heteroatoms. The number of esters is 2. The Morgan fingerprint density at radius 3 is 1.59 bits per heavy atom. The van der Waals surface area contributed by atoms with E-state index in [0.717, 1.165) is 12.8 Å². The van der Waals surface area contributed by atoms with Crippen LogP contribution in [-0.4, -0.2) is 25.7 Å². The van der Waals surface area contributed by atoms with Crippen molar-refractivity contribution in [1.82, 2.24) is 0 Å². The van der Waals surface area contributed by atoms with Gasteiger partial charge in [0.05, 0.1) is 25.0 Å². The van der Waals surface area contributed by atoms with E-state index in [1.54, 1.807) is 0 Å². The molecule has 140 valence electrons. The molecule has 0 rings (SSSR count). The largest absolute Gasteiger partial charge is 0.469 e. The average molecular weight is 325 g/mol. The molecule has 0 aliphatic rings. The molecule has 0 spiro atoms. The summed E-state index contributed by atoms with van der Waals surface area (Å²) in [5.41, 5.74) is -0.352.